The first-order chi connectivity index (χ1) is 9.38. The van der Waals surface area contributed by atoms with E-state index in [1.807, 2.05) is 36.0 Å². The molecule has 2 aromatic rings. The average molecular weight is 340 g/mol. The van der Waals surface area contributed by atoms with Gasteiger partial charge in [-0.15, -0.1) is 0 Å². The smallest absolute Gasteiger partial charge is 0.307 e. The lowest BCUT2D eigenvalue weighted by atomic mass is 9.96. The van der Waals surface area contributed by atoms with Gasteiger partial charge in [0, 0.05) is 28.6 Å². The van der Waals surface area contributed by atoms with Crippen molar-refractivity contribution in [3.63, 3.8) is 0 Å². The quantitative estimate of drug-likeness (QED) is 0.877. The van der Waals surface area contributed by atoms with Crippen LogP contribution in [0.15, 0.2) is 28.9 Å². The van der Waals surface area contributed by atoms with Crippen LogP contribution in [0.1, 0.15) is 12.0 Å². The molecule has 2 rings (SSSR count). The second-order valence-electron chi connectivity index (χ2n) is 4.76. The summed E-state index contributed by atoms with van der Waals surface area (Å²) < 4.78 is 2.82. The number of nitrogens with zero attached hydrogens (tertiary/aromatic N) is 1. The minimum absolute atomic E-state index is 0.204. The topological polar surface area (TPSA) is 79.5 Å². The second-order valence-corrected chi connectivity index (χ2v) is 5.68. The summed E-state index contributed by atoms with van der Waals surface area (Å²) in [6, 6.07) is 5.78. The number of benzene rings is 1. The zero-order valence-corrected chi connectivity index (χ0v) is 12.4. The molecule has 0 aliphatic carbocycles. The monoisotopic (exact) mass is 339 g/mol. The minimum Gasteiger partial charge on any atom is -0.481 e. The van der Waals surface area contributed by atoms with E-state index >= 15 is 0 Å². The highest BCUT2D eigenvalue weighted by atomic mass is 79.9. The summed E-state index contributed by atoms with van der Waals surface area (Å²) >= 11 is 3.39. The molecule has 20 heavy (non-hydrogen) atoms. The molecule has 0 amide bonds. The SMILES string of the molecule is Cn1cc(CC(CC(=O)O)C(=O)O)c2cc(Br)ccc21. The number of halogens is 1. The van der Waals surface area contributed by atoms with Crippen molar-refractivity contribution in [1.29, 1.82) is 0 Å². The number of hydrogen-bond acceptors (Lipinski definition) is 2. The minimum atomic E-state index is -1.10. The van der Waals surface area contributed by atoms with E-state index in [9.17, 15) is 9.59 Å². The standard InChI is InChI=1S/C14H14BrNO4/c1-16-7-9(4-8(14(19)20)5-13(17)18)11-6-10(15)2-3-12(11)16/h2-3,6-8H,4-5H2,1H3,(H,17,18)(H,19,20). The Kier molecular flexibility index (Phi) is 4.13. The fraction of sp³-hybridized carbons (Fsp3) is 0.286. The summed E-state index contributed by atoms with van der Waals surface area (Å²) in [6.45, 7) is 0. The van der Waals surface area contributed by atoms with Crippen LogP contribution in [0, 0.1) is 5.92 Å². The molecule has 1 unspecified atom stereocenters. The summed E-state index contributed by atoms with van der Waals surface area (Å²) in [7, 11) is 1.88. The van der Waals surface area contributed by atoms with E-state index in [0.29, 0.717) is 0 Å². The summed E-state index contributed by atoms with van der Waals surface area (Å²) in [4.78, 5) is 21.9. The third-order valence-electron chi connectivity index (χ3n) is 3.27. The predicted octanol–water partition coefficient (Wildman–Crippen LogP) is 2.66. The zero-order chi connectivity index (χ0) is 14.9. The molecule has 1 heterocycles. The van der Waals surface area contributed by atoms with Crippen LogP contribution < -0.4 is 0 Å². The maximum atomic E-state index is 11.2. The molecular formula is C14H14BrNO4. The van der Waals surface area contributed by atoms with Gasteiger partial charge >= 0.3 is 11.9 Å². The van der Waals surface area contributed by atoms with E-state index in [2.05, 4.69) is 15.9 Å². The number of aryl methyl sites for hydroxylation is 1. The number of hydrogen-bond donors (Lipinski definition) is 2. The van der Waals surface area contributed by atoms with Gasteiger partial charge in [0.25, 0.3) is 0 Å². The van der Waals surface area contributed by atoms with Crippen molar-refractivity contribution >= 4 is 38.8 Å². The first-order valence-electron chi connectivity index (χ1n) is 6.06. The average Bonchev–Trinajstić information content (AvgIpc) is 2.64. The van der Waals surface area contributed by atoms with Crippen LogP contribution in [0.25, 0.3) is 10.9 Å². The van der Waals surface area contributed by atoms with Crippen LogP contribution >= 0.6 is 15.9 Å². The highest BCUT2D eigenvalue weighted by molar-refractivity contribution is 9.10. The second kappa shape index (κ2) is 5.66. The molecule has 0 fully saturated rings. The molecule has 1 aromatic carbocycles. The molecule has 106 valence electrons. The Morgan fingerprint density at radius 2 is 2.05 bits per heavy atom. The van der Waals surface area contributed by atoms with Crippen LogP contribution in [0.3, 0.4) is 0 Å². The molecule has 5 nitrogen and oxygen atoms in total. The van der Waals surface area contributed by atoms with Gasteiger partial charge in [-0.25, -0.2) is 0 Å². The molecule has 1 atom stereocenters. The van der Waals surface area contributed by atoms with Crippen LogP contribution in [-0.2, 0) is 23.1 Å². The molecule has 0 radical (unpaired) electrons. The Morgan fingerprint density at radius 3 is 2.65 bits per heavy atom. The van der Waals surface area contributed by atoms with Gasteiger partial charge < -0.3 is 14.8 Å². The van der Waals surface area contributed by atoms with Crippen molar-refractivity contribution in [2.45, 2.75) is 12.8 Å². The van der Waals surface area contributed by atoms with Crippen LogP contribution in [0.4, 0.5) is 0 Å². The maximum Gasteiger partial charge on any atom is 0.307 e. The first kappa shape index (κ1) is 14.6. The largest absolute Gasteiger partial charge is 0.481 e. The Labute approximate surface area is 124 Å². The summed E-state index contributed by atoms with van der Waals surface area (Å²) in [5, 5.41) is 18.9. The normalized spacial score (nSPS) is 12.5. The van der Waals surface area contributed by atoms with E-state index in [-0.39, 0.29) is 12.8 Å². The Morgan fingerprint density at radius 1 is 1.35 bits per heavy atom. The number of rotatable bonds is 5. The van der Waals surface area contributed by atoms with Crippen molar-refractivity contribution in [2.75, 3.05) is 0 Å². The molecule has 0 bridgehead atoms. The van der Waals surface area contributed by atoms with Gasteiger partial charge in [-0.1, -0.05) is 15.9 Å². The molecule has 0 saturated carbocycles. The van der Waals surface area contributed by atoms with Crippen LogP contribution in [0.5, 0.6) is 0 Å². The van der Waals surface area contributed by atoms with Gasteiger partial charge in [-0.2, -0.15) is 0 Å². The van der Waals surface area contributed by atoms with Gasteiger partial charge in [0.15, 0.2) is 0 Å². The zero-order valence-electron chi connectivity index (χ0n) is 10.8. The molecular weight excluding hydrogens is 326 g/mol. The molecule has 0 aliphatic rings. The highest BCUT2D eigenvalue weighted by Crippen LogP contribution is 2.27. The first-order valence-corrected chi connectivity index (χ1v) is 6.86. The predicted molar refractivity (Wildman–Crippen MR) is 77.7 cm³/mol. The van der Waals surface area contributed by atoms with Crippen LogP contribution in [-0.4, -0.2) is 26.7 Å². The van der Waals surface area contributed by atoms with E-state index in [1.54, 1.807) is 0 Å². The van der Waals surface area contributed by atoms with E-state index < -0.39 is 17.9 Å². The lowest BCUT2D eigenvalue weighted by Gasteiger charge is -2.08. The lowest BCUT2D eigenvalue weighted by molar-refractivity contribution is -0.148. The number of carboxylic acid groups (broad SMARTS) is 2. The molecule has 0 aliphatic heterocycles. The summed E-state index contributed by atoms with van der Waals surface area (Å²) in [5.41, 5.74) is 1.83. The molecule has 2 N–H and O–H groups in total. The van der Waals surface area contributed by atoms with Gasteiger partial charge in [-0.05, 0) is 30.2 Å². The van der Waals surface area contributed by atoms with Crippen molar-refractivity contribution in [2.24, 2.45) is 13.0 Å². The Hall–Kier alpha value is -1.82. The molecule has 0 saturated heterocycles. The van der Waals surface area contributed by atoms with Gasteiger partial charge in [0.1, 0.15) is 0 Å². The fourth-order valence-electron chi connectivity index (χ4n) is 2.33. The van der Waals surface area contributed by atoms with Crippen molar-refractivity contribution in [3.8, 4) is 0 Å². The Bertz CT molecular complexity index is 677. The van der Waals surface area contributed by atoms with Gasteiger partial charge in [-0.3, -0.25) is 9.59 Å². The molecule has 0 spiro atoms. The molecule has 6 heteroatoms. The third-order valence-corrected chi connectivity index (χ3v) is 3.76. The highest BCUT2D eigenvalue weighted by Gasteiger charge is 2.23. The van der Waals surface area contributed by atoms with Crippen molar-refractivity contribution in [1.82, 2.24) is 4.57 Å². The lowest BCUT2D eigenvalue weighted by Crippen LogP contribution is -2.20. The summed E-state index contributed by atoms with van der Waals surface area (Å²) in [5.74, 6) is -3.10. The fourth-order valence-corrected chi connectivity index (χ4v) is 2.69. The van der Waals surface area contributed by atoms with Gasteiger partial charge in [0.2, 0.25) is 0 Å². The number of carboxylic acids is 2. The molecule has 1 aromatic heterocycles. The number of aliphatic carboxylic acids is 2. The number of fused-ring (bicyclic) bond motifs is 1. The number of carbonyl (C=O) groups is 2. The van der Waals surface area contributed by atoms with E-state index in [0.717, 1.165) is 20.9 Å². The van der Waals surface area contributed by atoms with Crippen LogP contribution in [0.2, 0.25) is 0 Å². The Balaban J connectivity index is 2.39. The number of aromatic nitrogens is 1. The van der Waals surface area contributed by atoms with E-state index in [4.69, 9.17) is 10.2 Å². The van der Waals surface area contributed by atoms with Gasteiger partial charge in [0.05, 0.1) is 12.3 Å². The van der Waals surface area contributed by atoms with E-state index in [1.165, 1.54) is 0 Å². The van der Waals surface area contributed by atoms with Crippen molar-refractivity contribution in [3.05, 3.63) is 34.4 Å². The maximum absolute atomic E-state index is 11.2. The summed E-state index contributed by atoms with van der Waals surface area (Å²) in [6.07, 6.45) is 1.68. The third kappa shape index (κ3) is 3.01. The van der Waals surface area contributed by atoms with Crippen molar-refractivity contribution < 1.29 is 19.8 Å².